The van der Waals surface area contributed by atoms with Gasteiger partial charge in [0.25, 0.3) is 0 Å². The first-order valence-corrected chi connectivity index (χ1v) is 7.82. The largest absolute Gasteiger partial charge is 0.313 e. The van der Waals surface area contributed by atoms with Gasteiger partial charge in [-0.1, -0.05) is 40.0 Å². The molecule has 1 heteroatoms. The van der Waals surface area contributed by atoms with Gasteiger partial charge in [-0.25, -0.2) is 0 Å². The minimum absolute atomic E-state index is 0.602. The molecule has 0 saturated heterocycles. The van der Waals surface area contributed by atoms with Crippen LogP contribution in [0.25, 0.3) is 0 Å². The lowest BCUT2D eigenvalue weighted by molar-refractivity contribution is 0.171. The fourth-order valence-corrected chi connectivity index (χ4v) is 3.71. The molecule has 2 saturated carbocycles. The van der Waals surface area contributed by atoms with E-state index >= 15 is 0 Å². The van der Waals surface area contributed by atoms with Crippen molar-refractivity contribution in [3.63, 3.8) is 0 Å². The van der Waals surface area contributed by atoms with Crippen molar-refractivity contribution >= 4 is 0 Å². The number of hydrogen-bond donors (Lipinski definition) is 1. The number of rotatable bonds is 3. The molecule has 0 aromatic carbocycles. The van der Waals surface area contributed by atoms with Gasteiger partial charge >= 0.3 is 0 Å². The second kappa shape index (κ2) is 5.73. The molecule has 2 rings (SSSR count). The highest BCUT2D eigenvalue weighted by molar-refractivity contribution is 4.85. The summed E-state index contributed by atoms with van der Waals surface area (Å²) in [5, 5.41) is 3.88. The quantitative estimate of drug-likeness (QED) is 0.768. The lowest BCUT2D eigenvalue weighted by atomic mass is 9.74. The van der Waals surface area contributed by atoms with Crippen molar-refractivity contribution in [2.75, 3.05) is 6.54 Å². The first-order chi connectivity index (χ1) is 8.09. The Morgan fingerprint density at radius 3 is 2.35 bits per heavy atom. The van der Waals surface area contributed by atoms with Crippen molar-refractivity contribution in [2.45, 2.75) is 78.2 Å². The third-order valence-electron chi connectivity index (χ3n) is 5.48. The Hall–Kier alpha value is -0.0400. The molecule has 0 radical (unpaired) electrons. The second-order valence-electron chi connectivity index (χ2n) is 7.22. The minimum Gasteiger partial charge on any atom is -0.313 e. The van der Waals surface area contributed by atoms with E-state index in [9.17, 15) is 0 Å². The van der Waals surface area contributed by atoms with Crippen LogP contribution in [0.15, 0.2) is 0 Å². The van der Waals surface area contributed by atoms with E-state index in [-0.39, 0.29) is 0 Å². The molecule has 3 unspecified atom stereocenters. The Labute approximate surface area is 108 Å². The Kier molecular flexibility index (Phi) is 4.52. The zero-order valence-electron chi connectivity index (χ0n) is 12.1. The highest BCUT2D eigenvalue weighted by Crippen LogP contribution is 2.36. The first kappa shape index (κ1) is 13.4. The van der Waals surface area contributed by atoms with Gasteiger partial charge in [-0.2, -0.15) is 0 Å². The van der Waals surface area contributed by atoms with E-state index in [4.69, 9.17) is 0 Å². The lowest BCUT2D eigenvalue weighted by Gasteiger charge is -2.38. The molecule has 2 fully saturated rings. The summed E-state index contributed by atoms with van der Waals surface area (Å²) in [5.41, 5.74) is 0.602. The maximum absolute atomic E-state index is 3.88. The van der Waals surface area contributed by atoms with E-state index in [1.807, 2.05) is 0 Å². The third-order valence-corrected chi connectivity index (χ3v) is 5.48. The smallest absolute Gasteiger partial charge is 0.00700 e. The molecular formula is C16H31N. The molecule has 2 aliphatic carbocycles. The van der Waals surface area contributed by atoms with E-state index in [1.54, 1.807) is 0 Å². The molecule has 0 heterocycles. The molecule has 100 valence electrons. The van der Waals surface area contributed by atoms with Crippen LogP contribution < -0.4 is 5.32 Å². The van der Waals surface area contributed by atoms with Gasteiger partial charge in [0, 0.05) is 12.6 Å². The summed E-state index contributed by atoms with van der Waals surface area (Å²) in [4.78, 5) is 0. The summed E-state index contributed by atoms with van der Waals surface area (Å²) < 4.78 is 0. The fraction of sp³-hybridized carbons (Fsp3) is 1.00. The monoisotopic (exact) mass is 237 g/mol. The average molecular weight is 237 g/mol. The molecular weight excluding hydrogens is 206 g/mol. The third kappa shape index (κ3) is 3.71. The topological polar surface area (TPSA) is 12.0 Å². The molecule has 0 spiro atoms. The molecule has 0 aliphatic heterocycles. The summed E-state index contributed by atoms with van der Waals surface area (Å²) in [6.45, 7) is 8.61. The predicted molar refractivity (Wildman–Crippen MR) is 75.2 cm³/mol. The Morgan fingerprint density at radius 2 is 1.71 bits per heavy atom. The minimum atomic E-state index is 0.602. The van der Waals surface area contributed by atoms with E-state index in [0.717, 1.165) is 17.9 Å². The molecule has 0 bridgehead atoms. The van der Waals surface area contributed by atoms with Gasteiger partial charge in [0.1, 0.15) is 0 Å². The van der Waals surface area contributed by atoms with E-state index in [1.165, 1.54) is 57.9 Å². The molecule has 3 atom stereocenters. The molecule has 0 aromatic heterocycles. The SMILES string of the molecule is CC1CCC(NCC2(C)CCCCC2)CC1C. The van der Waals surface area contributed by atoms with Crippen molar-refractivity contribution < 1.29 is 0 Å². The van der Waals surface area contributed by atoms with Crippen LogP contribution in [0.1, 0.15) is 72.1 Å². The van der Waals surface area contributed by atoms with Gasteiger partial charge in [-0.15, -0.1) is 0 Å². The van der Waals surface area contributed by atoms with Crippen molar-refractivity contribution in [1.82, 2.24) is 5.32 Å². The van der Waals surface area contributed by atoms with Gasteiger partial charge in [0.05, 0.1) is 0 Å². The zero-order valence-corrected chi connectivity index (χ0v) is 12.1. The van der Waals surface area contributed by atoms with Crippen LogP contribution in [0.4, 0.5) is 0 Å². The standard InChI is InChI=1S/C16H31N/c1-13-7-8-15(11-14(13)2)17-12-16(3)9-5-4-6-10-16/h13-15,17H,4-12H2,1-3H3. The van der Waals surface area contributed by atoms with Crippen LogP contribution in [-0.2, 0) is 0 Å². The summed E-state index contributed by atoms with van der Waals surface area (Å²) in [7, 11) is 0. The predicted octanol–water partition coefficient (Wildman–Crippen LogP) is 4.37. The number of nitrogens with one attached hydrogen (secondary N) is 1. The number of hydrogen-bond acceptors (Lipinski definition) is 1. The highest BCUT2D eigenvalue weighted by Gasteiger charge is 2.29. The molecule has 0 aromatic rings. The summed E-state index contributed by atoms with van der Waals surface area (Å²) in [6, 6.07) is 0.806. The molecule has 0 amide bonds. The van der Waals surface area contributed by atoms with Crippen molar-refractivity contribution in [2.24, 2.45) is 17.3 Å². The Balaban J connectivity index is 1.74. The van der Waals surface area contributed by atoms with E-state index in [0.29, 0.717) is 5.41 Å². The average Bonchev–Trinajstić information content (AvgIpc) is 2.32. The Bertz CT molecular complexity index is 230. The van der Waals surface area contributed by atoms with Crippen LogP contribution in [-0.4, -0.2) is 12.6 Å². The van der Waals surface area contributed by atoms with Crippen molar-refractivity contribution in [3.8, 4) is 0 Å². The van der Waals surface area contributed by atoms with Crippen LogP contribution >= 0.6 is 0 Å². The molecule has 1 N–H and O–H groups in total. The molecule has 1 nitrogen and oxygen atoms in total. The lowest BCUT2D eigenvalue weighted by Crippen LogP contribution is -2.42. The Morgan fingerprint density at radius 1 is 1.00 bits per heavy atom. The van der Waals surface area contributed by atoms with Crippen LogP contribution in [0.2, 0.25) is 0 Å². The van der Waals surface area contributed by atoms with Gasteiger partial charge in [-0.3, -0.25) is 0 Å². The summed E-state index contributed by atoms with van der Waals surface area (Å²) >= 11 is 0. The molecule has 17 heavy (non-hydrogen) atoms. The van der Waals surface area contributed by atoms with E-state index < -0.39 is 0 Å². The van der Waals surface area contributed by atoms with E-state index in [2.05, 4.69) is 26.1 Å². The zero-order chi connectivity index (χ0) is 12.3. The van der Waals surface area contributed by atoms with Crippen molar-refractivity contribution in [1.29, 1.82) is 0 Å². The van der Waals surface area contributed by atoms with Gasteiger partial charge in [-0.05, 0) is 49.4 Å². The van der Waals surface area contributed by atoms with Gasteiger partial charge < -0.3 is 5.32 Å². The summed E-state index contributed by atoms with van der Waals surface area (Å²) in [6.07, 6.45) is 11.5. The second-order valence-corrected chi connectivity index (χ2v) is 7.22. The normalized spacial score (nSPS) is 37.9. The van der Waals surface area contributed by atoms with Crippen molar-refractivity contribution in [3.05, 3.63) is 0 Å². The fourth-order valence-electron chi connectivity index (χ4n) is 3.71. The van der Waals surface area contributed by atoms with Gasteiger partial charge in [0.2, 0.25) is 0 Å². The maximum Gasteiger partial charge on any atom is 0.00700 e. The highest BCUT2D eigenvalue weighted by atomic mass is 14.9. The van der Waals surface area contributed by atoms with Crippen LogP contribution in [0.3, 0.4) is 0 Å². The van der Waals surface area contributed by atoms with Gasteiger partial charge in [0.15, 0.2) is 0 Å². The maximum atomic E-state index is 3.88. The van der Waals surface area contributed by atoms with Crippen LogP contribution in [0, 0.1) is 17.3 Å². The molecule has 2 aliphatic rings. The first-order valence-electron chi connectivity index (χ1n) is 7.82. The van der Waals surface area contributed by atoms with Crippen LogP contribution in [0.5, 0.6) is 0 Å². The summed E-state index contributed by atoms with van der Waals surface area (Å²) in [5.74, 6) is 1.86.